The third-order valence-corrected chi connectivity index (χ3v) is 3.41. The van der Waals surface area contributed by atoms with Crippen LogP contribution in [0.2, 0.25) is 0 Å². The molecule has 0 bridgehead atoms. The normalized spacial score (nSPS) is 27.9. The summed E-state index contributed by atoms with van der Waals surface area (Å²) < 4.78 is 4.97. The van der Waals surface area contributed by atoms with E-state index < -0.39 is 0 Å². The van der Waals surface area contributed by atoms with Crippen molar-refractivity contribution in [1.29, 1.82) is 0 Å². The summed E-state index contributed by atoms with van der Waals surface area (Å²) in [6.45, 7) is 5.82. The second-order valence-corrected chi connectivity index (χ2v) is 4.80. The Morgan fingerprint density at radius 2 is 2.31 bits per heavy atom. The molecule has 0 saturated carbocycles. The molecule has 3 atom stereocenters. The van der Waals surface area contributed by atoms with Gasteiger partial charge in [0.05, 0.1) is 6.10 Å². The van der Waals surface area contributed by atoms with E-state index in [0.29, 0.717) is 19.1 Å². The highest BCUT2D eigenvalue weighted by Crippen LogP contribution is 2.19. The van der Waals surface area contributed by atoms with Gasteiger partial charge in [0.15, 0.2) is 0 Å². The standard InChI is InChI=1S/C12H23NO3/c1-9-4-6-13(8-11(9)14)12(15)10(2)5-7-16-3/h9-11,14H,4-8H2,1-3H3. The van der Waals surface area contributed by atoms with Crippen LogP contribution in [0.15, 0.2) is 0 Å². The summed E-state index contributed by atoms with van der Waals surface area (Å²) in [5, 5.41) is 9.74. The minimum absolute atomic E-state index is 0.0134. The van der Waals surface area contributed by atoms with Crippen LogP contribution in [0.4, 0.5) is 0 Å². The number of carbonyl (C=O) groups is 1. The molecule has 1 heterocycles. The van der Waals surface area contributed by atoms with Crippen LogP contribution < -0.4 is 0 Å². The van der Waals surface area contributed by atoms with E-state index in [2.05, 4.69) is 0 Å². The number of likely N-dealkylation sites (tertiary alicyclic amines) is 1. The van der Waals surface area contributed by atoms with Gasteiger partial charge in [-0.05, 0) is 18.8 Å². The minimum atomic E-state index is -0.368. The highest BCUT2D eigenvalue weighted by Gasteiger charge is 2.29. The molecular formula is C12H23NO3. The summed E-state index contributed by atoms with van der Waals surface area (Å²) in [7, 11) is 1.64. The number of carbonyl (C=O) groups excluding carboxylic acids is 1. The van der Waals surface area contributed by atoms with Gasteiger partial charge >= 0.3 is 0 Å². The van der Waals surface area contributed by atoms with E-state index in [1.165, 1.54) is 0 Å². The summed E-state index contributed by atoms with van der Waals surface area (Å²) in [5.74, 6) is 0.432. The van der Waals surface area contributed by atoms with E-state index in [1.54, 1.807) is 12.0 Å². The van der Waals surface area contributed by atoms with Crippen molar-refractivity contribution < 1.29 is 14.6 Å². The second kappa shape index (κ2) is 6.21. The van der Waals surface area contributed by atoms with Gasteiger partial charge in [0.1, 0.15) is 0 Å². The van der Waals surface area contributed by atoms with E-state index in [9.17, 15) is 9.90 Å². The van der Waals surface area contributed by atoms with Crippen LogP contribution >= 0.6 is 0 Å². The molecular weight excluding hydrogens is 206 g/mol. The molecule has 0 aromatic carbocycles. The molecule has 1 aliphatic heterocycles. The predicted molar refractivity (Wildman–Crippen MR) is 62.0 cm³/mol. The van der Waals surface area contributed by atoms with Crippen LogP contribution in [0.25, 0.3) is 0 Å². The molecule has 1 fully saturated rings. The Kier molecular flexibility index (Phi) is 5.22. The predicted octanol–water partition coefficient (Wildman–Crippen LogP) is 0.888. The smallest absolute Gasteiger partial charge is 0.225 e. The van der Waals surface area contributed by atoms with E-state index in [0.717, 1.165) is 19.4 Å². The molecule has 0 spiro atoms. The highest BCUT2D eigenvalue weighted by atomic mass is 16.5. The molecule has 3 unspecified atom stereocenters. The number of aliphatic hydroxyl groups excluding tert-OH is 1. The maximum atomic E-state index is 12.0. The molecule has 16 heavy (non-hydrogen) atoms. The molecule has 1 rings (SSSR count). The van der Waals surface area contributed by atoms with Crippen molar-refractivity contribution in [3.05, 3.63) is 0 Å². The number of nitrogens with zero attached hydrogens (tertiary/aromatic N) is 1. The molecule has 0 aliphatic carbocycles. The molecule has 0 radical (unpaired) electrons. The summed E-state index contributed by atoms with van der Waals surface area (Å²) in [4.78, 5) is 13.8. The van der Waals surface area contributed by atoms with Crippen LogP contribution in [0, 0.1) is 11.8 Å². The molecule has 94 valence electrons. The lowest BCUT2D eigenvalue weighted by Gasteiger charge is -2.35. The van der Waals surface area contributed by atoms with Crippen molar-refractivity contribution in [3.8, 4) is 0 Å². The Bertz CT molecular complexity index is 232. The lowest BCUT2D eigenvalue weighted by molar-refractivity contribution is -0.139. The van der Waals surface area contributed by atoms with Crippen molar-refractivity contribution >= 4 is 5.91 Å². The van der Waals surface area contributed by atoms with Crippen molar-refractivity contribution in [3.63, 3.8) is 0 Å². The zero-order valence-corrected chi connectivity index (χ0v) is 10.5. The van der Waals surface area contributed by atoms with Crippen LogP contribution in [0.1, 0.15) is 26.7 Å². The Balaban J connectivity index is 2.42. The lowest BCUT2D eigenvalue weighted by atomic mass is 9.94. The zero-order chi connectivity index (χ0) is 12.1. The van der Waals surface area contributed by atoms with Crippen LogP contribution in [-0.2, 0) is 9.53 Å². The average Bonchev–Trinajstić information content (AvgIpc) is 2.28. The number of ether oxygens (including phenoxy) is 1. The molecule has 4 heteroatoms. The van der Waals surface area contributed by atoms with Crippen LogP contribution in [0.5, 0.6) is 0 Å². The van der Waals surface area contributed by atoms with Gasteiger partial charge in [-0.3, -0.25) is 4.79 Å². The molecule has 1 amide bonds. The monoisotopic (exact) mass is 229 g/mol. The fourth-order valence-corrected chi connectivity index (χ4v) is 1.98. The van der Waals surface area contributed by atoms with E-state index >= 15 is 0 Å². The minimum Gasteiger partial charge on any atom is -0.391 e. The number of amides is 1. The first-order chi connectivity index (χ1) is 7.56. The largest absolute Gasteiger partial charge is 0.391 e. The van der Waals surface area contributed by atoms with Gasteiger partial charge in [-0.2, -0.15) is 0 Å². The number of β-amino-alcohol motifs (C(OH)–C–C–N with tert-alkyl or cyclic N) is 1. The first kappa shape index (κ1) is 13.5. The molecule has 0 aromatic rings. The molecule has 1 aliphatic rings. The van der Waals surface area contributed by atoms with Gasteiger partial charge in [-0.1, -0.05) is 13.8 Å². The van der Waals surface area contributed by atoms with Crippen molar-refractivity contribution in [2.45, 2.75) is 32.8 Å². The molecule has 4 nitrogen and oxygen atoms in total. The first-order valence-electron chi connectivity index (χ1n) is 6.02. The fourth-order valence-electron chi connectivity index (χ4n) is 1.98. The molecule has 0 aromatic heterocycles. The first-order valence-corrected chi connectivity index (χ1v) is 6.02. The number of hydrogen-bond acceptors (Lipinski definition) is 3. The zero-order valence-electron chi connectivity index (χ0n) is 10.5. The summed E-state index contributed by atoms with van der Waals surface area (Å²) in [6.07, 6.45) is 1.27. The van der Waals surface area contributed by atoms with Gasteiger partial charge in [0, 0.05) is 32.7 Å². The number of piperidine rings is 1. The van der Waals surface area contributed by atoms with E-state index in [4.69, 9.17) is 4.74 Å². The Labute approximate surface area is 97.6 Å². The number of aliphatic hydroxyl groups is 1. The molecule has 1 N–H and O–H groups in total. The summed E-state index contributed by atoms with van der Waals surface area (Å²) in [5.41, 5.74) is 0. The number of rotatable bonds is 4. The topological polar surface area (TPSA) is 49.8 Å². The lowest BCUT2D eigenvalue weighted by Crippen LogP contribution is -2.47. The quantitative estimate of drug-likeness (QED) is 0.779. The molecule has 1 saturated heterocycles. The third-order valence-electron chi connectivity index (χ3n) is 3.41. The van der Waals surface area contributed by atoms with Gasteiger partial charge in [0.2, 0.25) is 5.91 Å². The van der Waals surface area contributed by atoms with E-state index in [1.807, 2.05) is 13.8 Å². The third kappa shape index (κ3) is 3.46. The maximum absolute atomic E-state index is 12.0. The maximum Gasteiger partial charge on any atom is 0.225 e. The van der Waals surface area contributed by atoms with Gasteiger partial charge < -0.3 is 14.7 Å². The average molecular weight is 229 g/mol. The van der Waals surface area contributed by atoms with Crippen molar-refractivity contribution in [2.24, 2.45) is 11.8 Å². The summed E-state index contributed by atoms with van der Waals surface area (Å²) in [6, 6.07) is 0. The van der Waals surface area contributed by atoms with Crippen LogP contribution in [0.3, 0.4) is 0 Å². The van der Waals surface area contributed by atoms with Gasteiger partial charge in [-0.15, -0.1) is 0 Å². The SMILES string of the molecule is COCCC(C)C(=O)N1CCC(C)C(O)C1. The summed E-state index contributed by atoms with van der Waals surface area (Å²) >= 11 is 0. The number of hydrogen-bond donors (Lipinski definition) is 1. The Morgan fingerprint density at radius 3 is 2.88 bits per heavy atom. The van der Waals surface area contributed by atoms with Crippen LogP contribution in [-0.4, -0.2) is 48.8 Å². The van der Waals surface area contributed by atoms with Gasteiger partial charge in [0.25, 0.3) is 0 Å². The second-order valence-electron chi connectivity index (χ2n) is 4.80. The Hall–Kier alpha value is -0.610. The van der Waals surface area contributed by atoms with Gasteiger partial charge in [-0.25, -0.2) is 0 Å². The van der Waals surface area contributed by atoms with E-state index in [-0.39, 0.29) is 17.9 Å². The Morgan fingerprint density at radius 1 is 1.62 bits per heavy atom. The van der Waals surface area contributed by atoms with Crippen molar-refractivity contribution in [2.75, 3.05) is 26.8 Å². The highest BCUT2D eigenvalue weighted by molar-refractivity contribution is 5.78. The van der Waals surface area contributed by atoms with Crippen molar-refractivity contribution in [1.82, 2.24) is 4.90 Å². The number of methoxy groups -OCH3 is 1. The fraction of sp³-hybridized carbons (Fsp3) is 0.917.